The molecule has 0 atom stereocenters. The summed E-state index contributed by atoms with van der Waals surface area (Å²) in [6.45, 7) is 5.71. The fourth-order valence-corrected chi connectivity index (χ4v) is 5.44. The lowest BCUT2D eigenvalue weighted by Gasteiger charge is -2.09. The normalized spacial score (nSPS) is 11.3. The van der Waals surface area contributed by atoms with Crippen LogP contribution in [0.4, 0.5) is 21.3 Å². The molecule has 2 amide bonds. The second-order valence-corrected chi connectivity index (χ2v) is 10.2. The van der Waals surface area contributed by atoms with E-state index in [1.54, 1.807) is 36.4 Å². The molecule has 0 spiro atoms. The summed E-state index contributed by atoms with van der Waals surface area (Å²) in [6, 6.07) is 17.4. The van der Waals surface area contributed by atoms with E-state index in [4.69, 9.17) is 0 Å². The van der Waals surface area contributed by atoms with Gasteiger partial charge in [0, 0.05) is 11.4 Å². The molecule has 0 unspecified atom stereocenters. The van der Waals surface area contributed by atoms with Crippen molar-refractivity contribution < 1.29 is 13.2 Å². The summed E-state index contributed by atoms with van der Waals surface area (Å²) in [4.78, 5) is 17.0. The first-order valence-corrected chi connectivity index (χ1v) is 12.1. The van der Waals surface area contributed by atoms with Gasteiger partial charge in [-0.25, -0.2) is 18.2 Å². The number of carbonyl (C=O) groups is 1. The van der Waals surface area contributed by atoms with Gasteiger partial charge in [0.25, 0.3) is 10.0 Å². The fraction of sp³-hybridized carbons (Fsp3) is 0.130. The summed E-state index contributed by atoms with van der Waals surface area (Å²) >= 11 is 1.21. The van der Waals surface area contributed by atoms with Crippen LogP contribution in [0.1, 0.15) is 16.7 Å². The van der Waals surface area contributed by atoms with E-state index in [9.17, 15) is 13.2 Å². The highest BCUT2D eigenvalue weighted by molar-refractivity contribution is 7.93. The molecule has 164 valence electrons. The van der Waals surface area contributed by atoms with Crippen molar-refractivity contribution in [2.24, 2.45) is 0 Å². The van der Waals surface area contributed by atoms with Gasteiger partial charge in [0.15, 0.2) is 5.13 Å². The Morgan fingerprint density at radius 2 is 1.59 bits per heavy atom. The van der Waals surface area contributed by atoms with Crippen LogP contribution in [-0.4, -0.2) is 19.4 Å². The van der Waals surface area contributed by atoms with Crippen LogP contribution in [-0.2, 0) is 10.0 Å². The lowest BCUT2D eigenvalue weighted by atomic mass is 10.2. The molecular formula is C23H22N4O3S2. The van der Waals surface area contributed by atoms with Gasteiger partial charge in [0.2, 0.25) is 0 Å². The Hall–Kier alpha value is -3.43. The van der Waals surface area contributed by atoms with Crippen LogP contribution in [0.15, 0.2) is 65.6 Å². The number of thiazole rings is 1. The summed E-state index contributed by atoms with van der Waals surface area (Å²) in [7, 11) is -3.74. The molecule has 32 heavy (non-hydrogen) atoms. The van der Waals surface area contributed by atoms with E-state index in [-0.39, 0.29) is 16.1 Å². The van der Waals surface area contributed by atoms with Gasteiger partial charge in [-0.2, -0.15) is 0 Å². The van der Waals surface area contributed by atoms with Crippen LogP contribution in [0.25, 0.3) is 10.2 Å². The second kappa shape index (κ2) is 8.60. The Balaban J connectivity index is 1.54. The van der Waals surface area contributed by atoms with E-state index in [0.29, 0.717) is 16.9 Å². The van der Waals surface area contributed by atoms with Crippen molar-refractivity contribution in [3.8, 4) is 0 Å². The van der Waals surface area contributed by atoms with Gasteiger partial charge in [-0.1, -0.05) is 41.2 Å². The number of hydrogen-bond acceptors (Lipinski definition) is 5. The number of amides is 2. The third kappa shape index (κ3) is 4.90. The zero-order valence-electron chi connectivity index (χ0n) is 17.8. The first-order chi connectivity index (χ1) is 15.2. The van der Waals surface area contributed by atoms with Crippen molar-refractivity contribution in [1.82, 2.24) is 4.98 Å². The summed E-state index contributed by atoms with van der Waals surface area (Å²) in [5, 5.41) is 5.89. The van der Waals surface area contributed by atoms with E-state index in [1.165, 1.54) is 11.3 Å². The molecule has 4 aromatic rings. The van der Waals surface area contributed by atoms with E-state index < -0.39 is 10.0 Å². The molecule has 1 aromatic heterocycles. The largest absolute Gasteiger partial charge is 0.323 e. The third-order valence-corrected chi connectivity index (χ3v) is 7.17. The topological polar surface area (TPSA) is 100 Å². The van der Waals surface area contributed by atoms with E-state index in [1.807, 2.05) is 45.0 Å². The summed E-state index contributed by atoms with van der Waals surface area (Å²) < 4.78 is 28.7. The average molecular weight is 467 g/mol. The summed E-state index contributed by atoms with van der Waals surface area (Å²) in [5.41, 5.74) is 4.82. The maximum absolute atomic E-state index is 12.7. The van der Waals surface area contributed by atoms with E-state index >= 15 is 0 Å². The van der Waals surface area contributed by atoms with Gasteiger partial charge in [0.1, 0.15) is 0 Å². The molecule has 9 heteroatoms. The molecule has 3 N–H and O–H groups in total. The third-order valence-electron chi connectivity index (χ3n) is 4.77. The van der Waals surface area contributed by atoms with E-state index in [0.717, 1.165) is 21.4 Å². The minimum atomic E-state index is -3.74. The van der Waals surface area contributed by atoms with Crippen LogP contribution in [0.5, 0.6) is 0 Å². The number of nitrogens with zero attached hydrogens (tertiary/aromatic N) is 1. The molecule has 0 saturated carbocycles. The number of aryl methyl sites for hydroxylation is 3. The lowest BCUT2D eigenvalue weighted by molar-refractivity contribution is 0.262. The van der Waals surface area contributed by atoms with Crippen molar-refractivity contribution in [3.63, 3.8) is 0 Å². The molecular weight excluding hydrogens is 444 g/mol. The number of fused-ring (bicyclic) bond motifs is 1. The zero-order chi connectivity index (χ0) is 22.9. The number of urea groups is 1. The molecule has 0 aliphatic heterocycles. The molecule has 0 aliphatic rings. The lowest BCUT2D eigenvalue weighted by Crippen LogP contribution is -2.19. The highest BCUT2D eigenvalue weighted by Crippen LogP contribution is 2.32. The first kappa shape index (κ1) is 21.8. The Labute approximate surface area is 190 Å². The first-order valence-electron chi connectivity index (χ1n) is 9.85. The standard InChI is InChI=1S/C23H22N4O3S2/c1-14-7-9-19(10-8-14)32(29,30)27-23-26-21-16(3)12-18(13-20(21)31-23)25-22(28)24-17-6-4-5-15(2)11-17/h4-13H,1-3H3,(H,26,27)(H2,24,25,28). The van der Waals surface area contributed by atoms with Crippen LogP contribution < -0.4 is 15.4 Å². The van der Waals surface area contributed by atoms with Gasteiger partial charge < -0.3 is 10.6 Å². The predicted molar refractivity (Wildman–Crippen MR) is 130 cm³/mol. The Morgan fingerprint density at radius 3 is 2.31 bits per heavy atom. The number of benzene rings is 3. The second-order valence-electron chi connectivity index (χ2n) is 7.53. The Morgan fingerprint density at radius 1 is 0.875 bits per heavy atom. The van der Waals surface area contributed by atoms with Gasteiger partial charge in [-0.15, -0.1) is 0 Å². The molecule has 0 fully saturated rings. The highest BCUT2D eigenvalue weighted by Gasteiger charge is 2.17. The highest BCUT2D eigenvalue weighted by atomic mass is 32.2. The minimum absolute atomic E-state index is 0.175. The molecule has 0 bridgehead atoms. The number of hydrogen-bond donors (Lipinski definition) is 3. The number of aromatic nitrogens is 1. The minimum Gasteiger partial charge on any atom is -0.308 e. The van der Waals surface area contributed by atoms with Crippen LogP contribution in [0, 0.1) is 20.8 Å². The van der Waals surface area contributed by atoms with Gasteiger partial charge in [0.05, 0.1) is 15.1 Å². The van der Waals surface area contributed by atoms with E-state index in [2.05, 4.69) is 20.3 Å². The van der Waals surface area contributed by atoms with Gasteiger partial charge in [-0.3, -0.25) is 4.72 Å². The zero-order valence-corrected chi connectivity index (χ0v) is 19.4. The Kier molecular flexibility index (Phi) is 5.86. The van der Waals surface area contributed by atoms with Crippen molar-refractivity contribution in [1.29, 1.82) is 0 Å². The number of sulfonamides is 1. The summed E-state index contributed by atoms with van der Waals surface area (Å²) in [5.74, 6) is 0. The number of nitrogens with one attached hydrogen (secondary N) is 3. The fourth-order valence-electron chi connectivity index (χ4n) is 3.22. The predicted octanol–water partition coefficient (Wildman–Crippen LogP) is 5.67. The maximum atomic E-state index is 12.7. The molecule has 0 aliphatic carbocycles. The van der Waals surface area contributed by atoms with Gasteiger partial charge >= 0.3 is 6.03 Å². The smallest absolute Gasteiger partial charge is 0.308 e. The number of rotatable bonds is 5. The van der Waals surface area contributed by atoms with Crippen molar-refractivity contribution in [2.75, 3.05) is 15.4 Å². The van der Waals surface area contributed by atoms with Gasteiger partial charge in [-0.05, 0) is 68.3 Å². The van der Waals surface area contributed by atoms with Crippen molar-refractivity contribution in [3.05, 3.63) is 77.4 Å². The average Bonchev–Trinajstić information content (AvgIpc) is 3.10. The molecule has 1 heterocycles. The number of anilines is 3. The van der Waals surface area contributed by atoms with Crippen molar-refractivity contribution in [2.45, 2.75) is 25.7 Å². The summed E-state index contributed by atoms with van der Waals surface area (Å²) in [6.07, 6.45) is 0. The SMILES string of the molecule is Cc1ccc(S(=O)(=O)Nc2nc3c(C)cc(NC(=O)Nc4cccc(C)c4)cc3s2)cc1. The maximum Gasteiger partial charge on any atom is 0.323 e. The molecule has 0 radical (unpaired) electrons. The molecule has 3 aromatic carbocycles. The number of carbonyl (C=O) groups excluding carboxylic acids is 1. The van der Waals surface area contributed by atoms with Crippen LogP contribution in [0.3, 0.4) is 0 Å². The molecule has 4 rings (SSSR count). The Bertz CT molecular complexity index is 1410. The quantitative estimate of drug-likeness (QED) is 0.353. The monoisotopic (exact) mass is 466 g/mol. The van der Waals surface area contributed by atoms with Crippen molar-refractivity contribution >= 4 is 54.1 Å². The van der Waals surface area contributed by atoms with Crippen LogP contribution in [0.2, 0.25) is 0 Å². The molecule has 0 saturated heterocycles. The molecule has 7 nitrogen and oxygen atoms in total. The van der Waals surface area contributed by atoms with Crippen LogP contribution >= 0.6 is 11.3 Å².